The number of tetrazole rings is 1. The normalized spacial score (nSPS) is 11.9. The molecule has 0 saturated carbocycles. The Bertz CT molecular complexity index is 1290. The third-order valence-electron chi connectivity index (χ3n) is 4.12. The van der Waals surface area contributed by atoms with Gasteiger partial charge in [-0.3, -0.25) is 9.36 Å². The second kappa shape index (κ2) is 7.23. The maximum atomic E-state index is 13.4. The predicted octanol–water partition coefficient (Wildman–Crippen LogP) is 3.86. The largest absolute Gasteiger partial charge is 0.418 e. The van der Waals surface area contributed by atoms with Gasteiger partial charge in [-0.2, -0.15) is 17.9 Å². The van der Waals surface area contributed by atoms with Crippen LogP contribution in [0, 0.1) is 0 Å². The zero-order valence-electron chi connectivity index (χ0n) is 14.2. The average molecular weight is 486 g/mol. The minimum Gasteiger partial charge on any atom is -0.291 e. The number of hydrogen-bond donors (Lipinski definition) is 0. The lowest BCUT2D eigenvalue weighted by atomic mass is 10.1. The molecule has 0 fully saturated rings. The van der Waals surface area contributed by atoms with Crippen molar-refractivity contribution in [3.8, 4) is 5.69 Å². The Labute approximate surface area is 173 Å². The molecule has 148 valence electrons. The molecule has 0 aliphatic heterocycles. The third-order valence-corrected chi connectivity index (χ3v) is 4.85. The first-order valence-electron chi connectivity index (χ1n) is 8.03. The molecule has 0 aliphatic carbocycles. The summed E-state index contributed by atoms with van der Waals surface area (Å²) in [6.07, 6.45) is -3.37. The van der Waals surface area contributed by atoms with E-state index in [0.29, 0.717) is 15.4 Å². The van der Waals surface area contributed by atoms with Crippen molar-refractivity contribution in [3.05, 3.63) is 74.0 Å². The Balaban J connectivity index is 1.80. The van der Waals surface area contributed by atoms with E-state index in [4.69, 9.17) is 11.6 Å². The SMILES string of the molecule is O=c1c2cc(Br)ccc2ncn1Cc1nnnn1-c1ccc(Cl)cc1C(F)(F)F. The van der Waals surface area contributed by atoms with Gasteiger partial charge in [0.25, 0.3) is 5.56 Å². The summed E-state index contributed by atoms with van der Waals surface area (Å²) >= 11 is 9.02. The van der Waals surface area contributed by atoms with Crippen molar-refractivity contribution in [1.82, 2.24) is 29.8 Å². The summed E-state index contributed by atoms with van der Waals surface area (Å²) in [6, 6.07) is 8.31. The maximum absolute atomic E-state index is 13.4. The molecule has 0 unspecified atom stereocenters. The fourth-order valence-corrected chi connectivity index (χ4v) is 3.34. The number of rotatable bonds is 3. The van der Waals surface area contributed by atoms with Gasteiger partial charge in [0.15, 0.2) is 5.82 Å². The summed E-state index contributed by atoms with van der Waals surface area (Å²) in [5.74, 6) is 0.0241. The highest BCUT2D eigenvalue weighted by Gasteiger charge is 2.35. The highest BCUT2D eigenvalue weighted by molar-refractivity contribution is 9.10. The van der Waals surface area contributed by atoms with Crippen LogP contribution >= 0.6 is 27.5 Å². The Morgan fingerprint density at radius 1 is 1.14 bits per heavy atom. The summed E-state index contributed by atoms with van der Waals surface area (Å²) in [7, 11) is 0. The summed E-state index contributed by atoms with van der Waals surface area (Å²) in [5, 5.41) is 11.2. The van der Waals surface area contributed by atoms with Crippen molar-refractivity contribution in [2.24, 2.45) is 0 Å². The van der Waals surface area contributed by atoms with Gasteiger partial charge in [0.1, 0.15) is 0 Å². The number of hydrogen-bond acceptors (Lipinski definition) is 5. The molecule has 2 aromatic carbocycles. The van der Waals surface area contributed by atoms with Gasteiger partial charge in [-0.05, 0) is 46.8 Å². The molecule has 7 nitrogen and oxygen atoms in total. The second-order valence-electron chi connectivity index (χ2n) is 6.01. The molecule has 4 rings (SSSR count). The van der Waals surface area contributed by atoms with E-state index < -0.39 is 11.7 Å². The summed E-state index contributed by atoms with van der Waals surface area (Å²) in [6.45, 7) is -0.179. The van der Waals surface area contributed by atoms with Gasteiger partial charge < -0.3 is 0 Å². The highest BCUT2D eigenvalue weighted by Crippen LogP contribution is 2.35. The van der Waals surface area contributed by atoms with Gasteiger partial charge in [-0.15, -0.1) is 5.10 Å². The number of nitrogens with zero attached hydrogens (tertiary/aromatic N) is 6. The van der Waals surface area contributed by atoms with Crippen LogP contribution in [0.15, 0.2) is 52.0 Å². The Hall–Kier alpha value is -2.79. The summed E-state index contributed by atoms with van der Waals surface area (Å²) in [5.41, 5.74) is -1.18. The average Bonchev–Trinajstić information content (AvgIpc) is 3.12. The van der Waals surface area contributed by atoms with Crippen molar-refractivity contribution in [2.45, 2.75) is 12.7 Å². The fraction of sp³-hybridized carbons (Fsp3) is 0.118. The molecule has 12 heteroatoms. The first-order chi connectivity index (χ1) is 13.7. The Kier molecular flexibility index (Phi) is 4.87. The van der Waals surface area contributed by atoms with Crippen molar-refractivity contribution < 1.29 is 13.2 Å². The van der Waals surface area contributed by atoms with E-state index >= 15 is 0 Å². The molecular weight excluding hydrogens is 477 g/mol. The number of benzene rings is 2. The van der Waals surface area contributed by atoms with Crippen LogP contribution in [0.25, 0.3) is 16.6 Å². The van der Waals surface area contributed by atoms with Crippen LogP contribution in [-0.2, 0) is 12.7 Å². The predicted molar refractivity (Wildman–Crippen MR) is 102 cm³/mol. The summed E-state index contributed by atoms with van der Waals surface area (Å²) < 4.78 is 43.2. The van der Waals surface area contributed by atoms with Crippen LogP contribution in [0.5, 0.6) is 0 Å². The van der Waals surface area contributed by atoms with E-state index in [1.165, 1.54) is 23.0 Å². The zero-order valence-corrected chi connectivity index (χ0v) is 16.6. The standard InChI is InChI=1S/C17H9BrClF3N6O/c18-9-1-3-13-11(5-9)16(29)27(8-23-13)7-15-24-25-26-28(15)14-4-2-10(19)6-12(14)17(20,21)22/h1-6,8H,7H2. The quantitative estimate of drug-likeness (QED) is 0.440. The number of halogens is 5. The lowest BCUT2D eigenvalue weighted by Crippen LogP contribution is -2.23. The fourth-order valence-electron chi connectivity index (χ4n) is 2.81. The van der Waals surface area contributed by atoms with Gasteiger partial charge >= 0.3 is 6.18 Å². The van der Waals surface area contributed by atoms with Gasteiger partial charge in [-0.25, -0.2) is 4.98 Å². The summed E-state index contributed by atoms with van der Waals surface area (Å²) in [4.78, 5) is 17.0. The van der Waals surface area contributed by atoms with E-state index in [0.717, 1.165) is 10.7 Å². The molecule has 4 aromatic rings. The van der Waals surface area contributed by atoms with E-state index in [1.54, 1.807) is 18.2 Å². The van der Waals surface area contributed by atoms with E-state index in [-0.39, 0.29) is 28.6 Å². The van der Waals surface area contributed by atoms with Crippen LogP contribution in [0.2, 0.25) is 5.02 Å². The minimum atomic E-state index is -4.67. The van der Waals surface area contributed by atoms with Gasteiger partial charge in [0.2, 0.25) is 0 Å². The monoisotopic (exact) mass is 484 g/mol. The minimum absolute atomic E-state index is 0.0241. The molecule has 0 N–H and O–H groups in total. The van der Waals surface area contributed by atoms with Crippen LogP contribution in [-0.4, -0.2) is 29.8 Å². The molecule has 0 aliphatic rings. The number of aromatic nitrogens is 6. The number of alkyl halides is 3. The smallest absolute Gasteiger partial charge is 0.291 e. The van der Waals surface area contributed by atoms with E-state index in [2.05, 4.69) is 36.4 Å². The zero-order chi connectivity index (χ0) is 20.8. The van der Waals surface area contributed by atoms with Crippen LogP contribution in [0.1, 0.15) is 11.4 Å². The van der Waals surface area contributed by atoms with Gasteiger partial charge in [0, 0.05) is 9.50 Å². The lowest BCUT2D eigenvalue weighted by molar-refractivity contribution is -0.137. The Morgan fingerprint density at radius 2 is 1.93 bits per heavy atom. The topological polar surface area (TPSA) is 78.5 Å². The Morgan fingerprint density at radius 3 is 2.69 bits per heavy atom. The van der Waals surface area contributed by atoms with E-state index in [1.807, 2.05) is 0 Å². The van der Waals surface area contributed by atoms with Crippen LogP contribution < -0.4 is 5.56 Å². The molecule has 0 spiro atoms. The molecule has 29 heavy (non-hydrogen) atoms. The number of fused-ring (bicyclic) bond motifs is 1. The van der Waals surface area contributed by atoms with Gasteiger partial charge in [-0.1, -0.05) is 27.5 Å². The lowest BCUT2D eigenvalue weighted by Gasteiger charge is -2.14. The van der Waals surface area contributed by atoms with Gasteiger partial charge in [0.05, 0.1) is 35.0 Å². The molecule has 2 aromatic heterocycles. The van der Waals surface area contributed by atoms with Crippen molar-refractivity contribution >= 4 is 38.4 Å². The molecule has 0 bridgehead atoms. The molecular formula is C17H9BrClF3N6O. The first kappa shape index (κ1) is 19.5. The maximum Gasteiger partial charge on any atom is 0.418 e. The van der Waals surface area contributed by atoms with Crippen molar-refractivity contribution in [1.29, 1.82) is 0 Å². The second-order valence-corrected chi connectivity index (χ2v) is 7.36. The third kappa shape index (κ3) is 3.75. The molecule has 0 amide bonds. The molecule has 0 radical (unpaired) electrons. The first-order valence-corrected chi connectivity index (χ1v) is 9.20. The molecule has 0 atom stereocenters. The molecule has 2 heterocycles. The van der Waals surface area contributed by atoms with E-state index in [9.17, 15) is 18.0 Å². The van der Waals surface area contributed by atoms with Crippen molar-refractivity contribution in [2.75, 3.05) is 0 Å². The van der Waals surface area contributed by atoms with Crippen molar-refractivity contribution in [3.63, 3.8) is 0 Å². The highest BCUT2D eigenvalue weighted by atomic mass is 79.9. The molecule has 0 saturated heterocycles. The van der Waals surface area contributed by atoms with Crippen LogP contribution in [0.4, 0.5) is 13.2 Å². The van der Waals surface area contributed by atoms with Crippen LogP contribution in [0.3, 0.4) is 0 Å².